The molecule has 72 valence electrons. The van der Waals surface area contributed by atoms with Crippen molar-refractivity contribution in [1.29, 1.82) is 0 Å². The van der Waals surface area contributed by atoms with Crippen LogP contribution in [0.1, 0.15) is 32.4 Å². The van der Waals surface area contributed by atoms with E-state index >= 15 is 0 Å². The molecule has 1 N–H and O–H groups in total. The van der Waals surface area contributed by atoms with E-state index in [9.17, 15) is 0 Å². The highest BCUT2D eigenvalue weighted by Crippen LogP contribution is 2.22. The van der Waals surface area contributed by atoms with Crippen molar-refractivity contribution in [3.63, 3.8) is 0 Å². The van der Waals surface area contributed by atoms with Crippen molar-refractivity contribution in [3.05, 3.63) is 34.9 Å². The van der Waals surface area contributed by atoms with Crippen LogP contribution < -0.4 is 5.32 Å². The number of rotatable bonds is 3. The van der Waals surface area contributed by atoms with Crippen molar-refractivity contribution >= 4 is 11.6 Å². The summed E-state index contributed by atoms with van der Waals surface area (Å²) in [5, 5.41) is 4.25. The van der Waals surface area contributed by atoms with Gasteiger partial charge in [-0.3, -0.25) is 0 Å². The Hall–Kier alpha value is -0.530. The predicted octanol–water partition coefficient (Wildman–Crippen LogP) is 3.40. The molecule has 0 radical (unpaired) electrons. The second kappa shape index (κ2) is 4.64. The fourth-order valence-electron chi connectivity index (χ4n) is 1.42. The second-order valence-electron chi connectivity index (χ2n) is 3.56. The maximum absolute atomic E-state index is 6.06. The molecule has 0 aromatic heterocycles. The summed E-state index contributed by atoms with van der Waals surface area (Å²) >= 11 is 6.06. The van der Waals surface area contributed by atoms with Gasteiger partial charge < -0.3 is 5.32 Å². The summed E-state index contributed by atoms with van der Waals surface area (Å²) in [6.45, 7) is 6.39. The first-order valence-corrected chi connectivity index (χ1v) is 4.99. The second-order valence-corrected chi connectivity index (χ2v) is 3.97. The molecule has 0 amide bonds. The largest absolute Gasteiger partial charge is 0.308 e. The van der Waals surface area contributed by atoms with Gasteiger partial charge in [0.25, 0.3) is 0 Å². The molecule has 0 aliphatic heterocycles. The van der Waals surface area contributed by atoms with Crippen LogP contribution >= 0.6 is 11.6 Å². The van der Waals surface area contributed by atoms with Crippen LogP contribution in [0.4, 0.5) is 0 Å². The minimum Gasteiger partial charge on any atom is -0.308 e. The van der Waals surface area contributed by atoms with Crippen molar-refractivity contribution in [1.82, 2.24) is 5.32 Å². The summed E-state index contributed by atoms with van der Waals surface area (Å²) in [7, 11) is 0. The first-order valence-electron chi connectivity index (χ1n) is 4.61. The lowest BCUT2D eigenvalue weighted by Gasteiger charge is -2.18. The van der Waals surface area contributed by atoms with Crippen molar-refractivity contribution in [2.45, 2.75) is 32.9 Å². The molecule has 1 aromatic carbocycles. The quantitative estimate of drug-likeness (QED) is 0.783. The molecule has 1 aromatic rings. The van der Waals surface area contributed by atoms with Crippen molar-refractivity contribution in [3.8, 4) is 0 Å². The van der Waals surface area contributed by atoms with Gasteiger partial charge in [0.15, 0.2) is 0 Å². The summed E-state index contributed by atoms with van der Waals surface area (Å²) in [6.07, 6.45) is 0. The number of halogens is 1. The fraction of sp³-hybridized carbons (Fsp3) is 0.455. The van der Waals surface area contributed by atoms with Crippen LogP contribution in [0.15, 0.2) is 24.3 Å². The van der Waals surface area contributed by atoms with Crippen LogP contribution in [0.3, 0.4) is 0 Å². The van der Waals surface area contributed by atoms with E-state index in [0.29, 0.717) is 12.1 Å². The van der Waals surface area contributed by atoms with Gasteiger partial charge in [-0.2, -0.15) is 0 Å². The van der Waals surface area contributed by atoms with E-state index in [0.717, 1.165) is 10.6 Å². The molecule has 1 unspecified atom stereocenters. The maximum atomic E-state index is 6.06. The third-order valence-corrected chi connectivity index (χ3v) is 2.30. The van der Waals surface area contributed by atoms with E-state index < -0.39 is 0 Å². The average Bonchev–Trinajstić information content (AvgIpc) is 2.03. The number of hydrogen-bond donors (Lipinski definition) is 1. The van der Waals surface area contributed by atoms with Crippen molar-refractivity contribution in [2.75, 3.05) is 0 Å². The lowest BCUT2D eigenvalue weighted by atomic mass is 10.1. The molecule has 2 heteroatoms. The highest BCUT2D eigenvalue weighted by atomic mass is 35.5. The number of hydrogen-bond acceptors (Lipinski definition) is 1. The van der Waals surface area contributed by atoms with E-state index in [4.69, 9.17) is 11.6 Å². The van der Waals surface area contributed by atoms with Gasteiger partial charge in [-0.05, 0) is 18.6 Å². The van der Waals surface area contributed by atoms with Crippen LogP contribution in [-0.2, 0) is 0 Å². The Morgan fingerprint density at radius 2 is 1.77 bits per heavy atom. The van der Waals surface area contributed by atoms with Crippen molar-refractivity contribution < 1.29 is 0 Å². The van der Waals surface area contributed by atoms with Crippen LogP contribution in [0.2, 0.25) is 5.02 Å². The van der Waals surface area contributed by atoms with Gasteiger partial charge in [0.2, 0.25) is 0 Å². The zero-order valence-corrected chi connectivity index (χ0v) is 9.10. The predicted molar refractivity (Wildman–Crippen MR) is 58.1 cm³/mol. The molecular weight excluding hydrogens is 182 g/mol. The SMILES string of the molecule is CC(C)NC(C)c1ccccc1Cl. The Balaban J connectivity index is 2.76. The van der Waals surface area contributed by atoms with E-state index in [1.54, 1.807) is 0 Å². The summed E-state index contributed by atoms with van der Waals surface area (Å²) in [6, 6.07) is 8.74. The lowest BCUT2D eigenvalue weighted by Crippen LogP contribution is -2.26. The molecule has 1 rings (SSSR count). The van der Waals surface area contributed by atoms with Crippen LogP contribution in [0.5, 0.6) is 0 Å². The van der Waals surface area contributed by atoms with Crippen molar-refractivity contribution in [2.24, 2.45) is 0 Å². The van der Waals surface area contributed by atoms with E-state index in [1.165, 1.54) is 0 Å². The van der Waals surface area contributed by atoms with Crippen LogP contribution in [0, 0.1) is 0 Å². The smallest absolute Gasteiger partial charge is 0.0453 e. The summed E-state index contributed by atoms with van der Waals surface area (Å²) in [5.41, 5.74) is 1.16. The lowest BCUT2D eigenvalue weighted by molar-refractivity contribution is 0.506. The van der Waals surface area contributed by atoms with Crippen LogP contribution in [0.25, 0.3) is 0 Å². The molecule has 1 nitrogen and oxygen atoms in total. The van der Waals surface area contributed by atoms with Gasteiger partial charge >= 0.3 is 0 Å². The molecule has 13 heavy (non-hydrogen) atoms. The van der Waals surface area contributed by atoms with E-state index in [2.05, 4.69) is 32.2 Å². The molecule has 0 heterocycles. The standard InChI is InChI=1S/C11H16ClN/c1-8(2)13-9(3)10-6-4-5-7-11(10)12/h4-9,13H,1-3H3. The van der Waals surface area contributed by atoms with Crippen LogP contribution in [-0.4, -0.2) is 6.04 Å². The normalized spacial score (nSPS) is 13.3. The summed E-state index contributed by atoms with van der Waals surface area (Å²) < 4.78 is 0. The van der Waals surface area contributed by atoms with Gasteiger partial charge in [0, 0.05) is 17.1 Å². The molecular formula is C11H16ClN. The van der Waals surface area contributed by atoms with E-state index in [-0.39, 0.29) is 0 Å². The molecule has 0 aliphatic carbocycles. The Morgan fingerprint density at radius 1 is 1.15 bits per heavy atom. The monoisotopic (exact) mass is 197 g/mol. The third kappa shape index (κ3) is 3.02. The van der Waals surface area contributed by atoms with Gasteiger partial charge in [-0.1, -0.05) is 43.6 Å². The van der Waals surface area contributed by atoms with Gasteiger partial charge in [0.05, 0.1) is 0 Å². The molecule has 0 saturated heterocycles. The maximum Gasteiger partial charge on any atom is 0.0453 e. The highest BCUT2D eigenvalue weighted by Gasteiger charge is 2.08. The zero-order valence-electron chi connectivity index (χ0n) is 8.34. The Labute approximate surface area is 85.1 Å². The molecule has 0 bridgehead atoms. The molecule has 0 aliphatic rings. The zero-order chi connectivity index (χ0) is 9.84. The molecule has 0 saturated carbocycles. The first kappa shape index (κ1) is 10.6. The summed E-state index contributed by atoms with van der Waals surface area (Å²) in [5.74, 6) is 0. The average molecular weight is 198 g/mol. The Morgan fingerprint density at radius 3 is 2.31 bits per heavy atom. The van der Waals surface area contributed by atoms with E-state index in [1.807, 2.05) is 18.2 Å². The molecule has 0 fully saturated rings. The topological polar surface area (TPSA) is 12.0 Å². The third-order valence-electron chi connectivity index (χ3n) is 1.96. The number of nitrogens with one attached hydrogen (secondary N) is 1. The highest BCUT2D eigenvalue weighted by molar-refractivity contribution is 6.31. The Kier molecular flexibility index (Phi) is 3.76. The summed E-state index contributed by atoms with van der Waals surface area (Å²) in [4.78, 5) is 0. The molecule has 0 spiro atoms. The van der Waals surface area contributed by atoms with Gasteiger partial charge in [-0.25, -0.2) is 0 Å². The van der Waals surface area contributed by atoms with Gasteiger partial charge in [-0.15, -0.1) is 0 Å². The van der Waals surface area contributed by atoms with Gasteiger partial charge in [0.1, 0.15) is 0 Å². The minimum absolute atomic E-state index is 0.314. The molecule has 1 atom stereocenters. The minimum atomic E-state index is 0.314. The number of benzene rings is 1. The fourth-order valence-corrected chi connectivity index (χ4v) is 1.72. The Bertz CT molecular complexity index is 271. The first-order chi connectivity index (χ1) is 6.11.